The summed E-state index contributed by atoms with van der Waals surface area (Å²) in [6, 6.07) is 8.89. The SMILES string of the molecule is CCOC(=O)C=Cc1ccc(OCCOC)c(C)c1OCc1ccc(Cl)cc1Cl. The van der Waals surface area contributed by atoms with E-state index in [1.54, 1.807) is 32.2 Å². The lowest BCUT2D eigenvalue weighted by atomic mass is 10.1. The minimum atomic E-state index is -0.419. The summed E-state index contributed by atoms with van der Waals surface area (Å²) in [6.45, 7) is 5.08. The highest BCUT2D eigenvalue weighted by Gasteiger charge is 2.13. The molecule has 2 aromatic rings. The molecule has 156 valence electrons. The summed E-state index contributed by atoms with van der Waals surface area (Å²) in [4.78, 5) is 11.7. The van der Waals surface area contributed by atoms with Crippen LogP contribution in [0.3, 0.4) is 0 Å². The summed E-state index contributed by atoms with van der Waals surface area (Å²) >= 11 is 12.2. The summed E-state index contributed by atoms with van der Waals surface area (Å²) in [5.41, 5.74) is 2.32. The zero-order valence-corrected chi connectivity index (χ0v) is 18.2. The van der Waals surface area contributed by atoms with Gasteiger partial charge in [-0.15, -0.1) is 0 Å². The lowest BCUT2D eigenvalue weighted by molar-refractivity contribution is -0.137. The van der Waals surface area contributed by atoms with Crippen LogP contribution >= 0.6 is 23.2 Å². The molecule has 7 heteroatoms. The van der Waals surface area contributed by atoms with Gasteiger partial charge in [-0.3, -0.25) is 0 Å². The second-order valence-electron chi connectivity index (χ2n) is 6.06. The van der Waals surface area contributed by atoms with Gasteiger partial charge in [0, 0.05) is 39.9 Å². The van der Waals surface area contributed by atoms with E-state index >= 15 is 0 Å². The van der Waals surface area contributed by atoms with Crippen LogP contribution in [0.15, 0.2) is 36.4 Å². The molecular formula is C22H24Cl2O5. The molecule has 0 amide bonds. The van der Waals surface area contributed by atoms with Gasteiger partial charge in [-0.1, -0.05) is 29.3 Å². The van der Waals surface area contributed by atoms with Crippen molar-refractivity contribution in [2.75, 3.05) is 26.9 Å². The van der Waals surface area contributed by atoms with Crippen molar-refractivity contribution in [3.63, 3.8) is 0 Å². The fourth-order valence-electron chi connectivity index (χ4n) is 2.55. The molecule has 0 radical (unpaired) electrons. The maximum Gasteiger partial charge on any atom is 0.330 e. The van der Waals surface area contributed by atoms with Gasteiger partial charge in [-0.25, -0.2) is 4.79 Å². The van der Waals surface area contributed by atoms with Crippen molar-refractivity contribution in [1.29, 1.82) is 0 Å². The van der Waals surface area contributed by atoms with Gasteiger partial charge in [0.15, 0.2) is 0 Å². The summed E-state index contributed by atoms with van der Waals surface area (Å²) in [5.74, 6) is 0.844. The van der Waals surface area contributed by atoms with E-state index in [2.05, 4.69) is 0 Å². The normalized spacial score (nSPS) is 10.9. The number of halogens is 2. The topological polar surface area (TPSA) is 54.0 Å². The molecule has 5 nitrogen and oxygen atoms in total. The molecule has 0 spiro atoms. The second kappa shape index (κ2) is 11.7. The quantitative estimate of drug-likeness (QED) is 0.279. The molecule has 0 bridgehead atoms. The molecule has 0 saturated carbocycles. The first kappa shape index (κ1) is 23.1. The largest absolute Gasteiger partial charge is 0.491 e. The van der Waals surface area contributed by atoms with E-state index in [0.717, 1.165) is 16.7 Å². The van der Waals surface area contributed by atoms with Crippen LogP contribution in [-0.2, 0) is 20.9 Å². The van der Waals surface area contributed by atoms with Crippen molar-refractivity contribution >= 4 is 35.2 Å². The van der Waals surface area contributed by atoms with Crippen LogP contribution in [0.25, 0.3) is 6.08 Å². The minimum Gasteiger partial charge on any atom is -0.491 e. The predicted molar refractivity (Wildman–Crippen MR) is 115 cm³/mol. The molecule has 0 fully saturated rings. The Morgan fingerprint density at radius 1 is 1.10 bits per heavy atom. The van der Waals surface area contributed by atoms with Crippen LogP contribution in [0, 0.1) is 6.92 Å². The fraction of sp³-hybridized carbons (Fsp3) is 0.318. The Morgan fingerprint density at radius 3 is 2.59 bits per heavy atom. The predicted octanol–water partition coefficient (Wildman–Crippen LogP) is 5.48. The summed E-state index contributed by atoms with van der Waals surface area (Å²) < 4.78 is 21.8. The number of carbonyl (C=O) groups is 1. The number of esters is 1. The summed E-state index contributed by atoms with van der Waals surface area (Å²) in [5, 5.41) is 1.08. The Bertz CT molecular complexity index is 865. The highest BCUT2D eigenvalue weighted by atomic mass is 35.5. The fourth-order valence-corrected chi connectivity index (χ4v) is 3.01. The van der Waals surface area contributed by atoms with E-state index in [1.807, 2.05) is 25.1 Å². The molecule has 0 unspecified atom stereocenters. The molecule has 0 aliphatic heterocycles. The second-order valence-corrected chi connectivity index (χ2v) is 6.90. The number of carbonyl (C=O) groups excluding carboxylic acids is 1. The molecule has 29 heavy (non-hydrogen) atoms. The van der Waals surface area contributed by atoms with Crippen LogP contribution in [0.4, 0.5) is 0 Å². The van der Waals surface area contributed by atoms with E-state index in [9.17, 15) is 4.79 Å². The van der Waals surface area contributed by atoms with Crippen molar-refractivity contribution in [2.24, 2.45) is 0 Å². The molecule has 0 aromatic heterocycles. The van der Waals surface area contributed by atoms with Gasteiger partial charge in [0.05, 0.1) is 13.2 Å². The van der Waals surface area contributed by atoms with Crippen molar-refractivity contribution < 1.29 is 23.7 Å². The number of hydrogen-bond donors (Lipinski definition) is 0. The third-order valence-electron chi connectivity index (χ3n) is 4.00. The van der Waals surface area contributed by atoms with Crippen molar-refractivity contribution in [3.8, 4) is 11.5 Å². The van der Waals surface area contributed by atoms with Crippen LogP contribution in [-0.4, -0.2) is 32.9 Å². The number of hydrogen-bond acceptors (Lipinski definition) is 5. The number of rotatable bonds is 10. The first-order chi connectivity index (χ1) is 14.0. The molecule has 0 aliphatic carbocycles. The Kier molecular flexibility index (Phi) is 9.32. The van der Waals surface area contributed by atoms with E-state index in [1.165, 1.54) is 6.08 Å². The molecule has 0 aliphatic rings. The van der Waals surface area contributed by atoms with Gasteiger partial charge in [0.25, 0.3) is 0 Å². The van der Waals surface area contributed by atoms with Crippen LogP contribution < -0.4 is 9.47 Å². The highest BCUT2D eigenvalue weighted by molar-refractivity contribution is 6.35. The zero-order chi connectivity index (χ0) is 21.2. The summed E-state index contributed by atoms with van der Waals surface area (Å²) in [6.07, 6.45) is 3.02. The maximum absolute atomic E-state index is 11.7. The van der Waals surface area contributed by atoms with E-state index in [4.69, 9.17) is 42.1 Å². The highest BCUT2D eigenvalue weighted by Crippen LogP contribution is 2.34. The maximum atomic E-state index is 11.7. The minimum absolute atomic E-state index is 0.235. The number of methoxy groups -OCH3 is 1. The van der Waals surface area contributed by atoms with Gasteiger partial charge < -0.3 is 18.9 Å². The number of ether oxygens (including phenoxy) is 4. The molecule has 2 aromatic carbocycles. The smallest absolute Gasteiger partial charge is 0.330 e. The third-order valence-corrected chi connectivity index (χ3v) is 4.59. The van der Waals surface area contributed by atoms with Gasteiger partial charge >= 0.3 is 5.97 Å². The van der Waals surface area contributed by atoms with Crippen molar-refractivity contribution in [1.82, 2.24) is 0 Å². The summed E-state index contributed by atoms with van der Waals surface area (Å²) in [7, 11) is 1.61. The zero-order valence-electron chi connectivity index (χ0n) is 16.7. The lowest BCUT2D eigenvalue weighted by Gasteiger charge is -2.17. The van der Waals surface area contributed by atoms with Crippen LogP contribution in [0.1, 0.15) is 23.6 Å². The third kappa shape index (κ3) is 6.96. The molecule has 0 heterocycles. The van der Waals surface area contributed by atoms with Gasteiger partial charge in [-0.2, -0.15) is 0 Å². The molecular weight excluding hydrogens is 415 g/mol. The molecule has 0 saturated heterocycles. The van der Waals surface area contributed by atoms with E-state index in [0.29, 0.717) is 41.4 Å². The van der Waals surface area contributed by atoms with Gasteiger partial charge in [0.2, 0.25) is 0 Å². The van der Waals surface area contributed by atoms with Gasteiger partial charge in [-0.05, 0) is 44.2 Å². The van der Waals surface area contributed by atoms with Crippen molar-refractivity contribution in [3.05, 3.63) is 63.1 Å². The molecule has 0 N–H and O–H groups in total. The Labute approximate surface area is 181 Å². The Morgan fingerprint density at radius 2 is 1.90 bits per heavy atom. The standard InChI is InChI=1S/C22H24Cl2O5/c1-4-27-21(25)10-7-16-6-9-20(28-12-11-26-3)15(2)22(16)29-14-17-5-8-18(23)13-19(17)24/h5-10,13H,4,11-12,14H2,1-3H3. The average Bonchev–Trinajstić information content (AvgIpc) is 2.68. The lowest BCUT2D eigenvalue weighted by Crippen LogP contribution is -2.07. The van der Waals surface area contributed by atoms with Gasteiger partial charge in [0.1, 0.15) is 24.7 Å². The van der Waals surface area contributed by atoms with E-state index < -0.39 is 5.97 Å². The van der Waals surface area contributed by atoms with Crippen LogP contribution in [0.2, 0.25) is 10.0 Å². The Hall–Kier alpha value is -2.21. The molecule has 2 rings (SSSR count). The van der Waals surface area contributed by atoms with Crippen LogP contribution in [0.5, 0.6) is 11.5 Å². The van der Waals surface area contributed by atoms with Crippen molar-refractivity contribution in [2.45, 2.75) is 20.5 Å². The number of benzene rings is 2. The molecule has 0 atom stereocenters. The Balaban J connectivity index is 2.29. The first-order valence-electron chi connectivity index (χ1n) is 9.13. The first-order valence-corrected chi connectivity index (χ1v) is 9.88. The monoisotopic (exact) mass is 438 g/mol. The average molecular weight is 439 g/mol. The van der Waals surface area contributed by atoms with E-state index in [-0.39, 0.29) is 6.61 Å².